The number of nitrogens with one attached hydrogen (secondary N) is 1. The Morgan fingerprint density at radius 1 is 1.36 bits per heavy atom. The van der Waals surface area contributed by atoms with Crippen molar-refractivity contribution in [2.24, 2.45) is 0 Å². The van der Waals surface area contributed by atoms with Gasteiger partial charge in [-0.2, -0.15) is 0 Å². The fourth-order valence-electron chi connectivity index (χ4n) is 0.914. The zero-order chi connectivity index (χ0) is 8.53. The summed E-state index contributed by atoms with van der Waals surface area (Å²) in [5.74, 6) is 0. The molecule has 2 nitrogen and oxygen atoms in total. The van der Waals surface area contributed by atoms with E-state index in [9.17, 15) is 0 Å². The first-order valence-electron chi connectivity index (χ1n) is 4.62. The summed E-state index contributed by atoms with van der Waals surface area (Å²) in [6.45, 7) is 9.22. The number of unbranched alkanes of at least 4 members (excludes halogenated alkanes) is 1. The van der Waals surface area contributed by atoms with E-state index in [-0.39, 0.29) is 0 Å². The lowest BCUT2D eigenvalue weighted by Crippen LogP contribution is -2.30. The summed E-state index contributed by atoms with van der Waals surface area (Å²) in [4.78, 5) is 0. The van der Waals surface area contributed by atoms with Crippen LogP contribution in [0.5, 0.6) is 0 Å². The zero-order valence-electron chi connectivity index (χ0n) is 8.02. The maximum absolute atomic E-state index is 5.43. The molecule has 0 saturated heterocycles. The standard InChI is InChI=1S/C9H21NO/c1-4-6-7-11-8-9(3)10-5-2/h9-10H,4-8H2,1-3H3. The molecular weight excluding hydrogens is 138 g/mol. The predicted molar refractivity (Wildman–Crippen MR) is 48.9 cm³/mol. The molecule has 0 heterocycles. The monoisotopic (exact) mass is 159 g/mol. The minimum atomic E-state index is 0.497. The van der Waals surface area contributed by atoms with Crippen LogP contribution < -0.4 is 5.32 Å². The highest BCUT2D eigenvalue weighted by Crippen LogP contribution is 1.89. The summed E-state index contributed by atoms with van der Waals surface area (Å²) in [5.41, 5.74) is 0. The highest BCUT2D eigenvalue weighted by atomic mass is 16.5. The Morgan fingerprint density at radius 2 is 2.09 bits per heavy atom. The molecule has 2 heteroatoms. The Bertz CT molecular complexity index is 76.0. The van der Waals surface area contributed by atoms with E-state index in [2.05, 4.69) is 26.1 Å². The van der Waals surface area contributed by atoms with Crippen molar-refractivity contribution in [1.29, 1.82) is 0 Å². The van der Waals surface area contributed by atoms with Gasteiger partial charge in [-0.05, 0) is 19.9 Å². The van der Waals surface area contributed by atoms with Crippen molar-refractivity contribution < 1.29 is 4.74 Å². The van der Waals surface area contributed by atoms with Crippen LogP contribution in [-0.4, -0.2) is 25.8 Å². The van der Waals surface area contributed by atoms with Gasteiger partial charge in [0.2, 0.25) is 0 Å². The third kappa shape index (κ3) is 7.82. The molecule has 0 spiro atoms. The Balaban J connectivity index is 2.97. The van der Waals surface area contributed by atoms with Crippen LogP contribution in [0.2, 0.25) is 0 Å². The molecule has 0 bridgehead atoms. The number of ether oxygens (including phenoxy) is 1. The van der Waals surface area contributed by atoms with Gasteiger partial charge in [0.15, 0.2) is 0 Å². The topological polar surface area (TPSA) is 21.3 Å². The normalized spacial score (nSPS) is 13.4. The van der Waals surface area contributed by atoms with Gasteiger partial charge < -0.3 is 10.1 Å². The van der Waals surface area contributed by atoms with Crippen molar-refractivity contribution in [3.05, 3.63) is 0 Å². The summed E-state index contributed by atoms with van der Waals surface area (Å²) in [5, 5.41) is 3.30. The van der Waals surface area contributed by atoms with E-state index >= 15 is 0 Å². The van der Waals surface area contributed by atoms with E-state index in [1.165, 1.54) is 12.8 Å². The van der Waals surface area contributed by atoms with E-state index in [1.807, 2.05) is 0 Å². The highest BCUT2D eigenvalue weighted by Gasteiger charge is 1.97. The number of likely N-dealkylation sites (N-methyl/N-ethyl adjacent to an activating group) is 1. The Kier molecular flexibility index (Phi) is 7.96. The lowest BCUT2D eigenvalue weighted by atomic mass is 10.3. The molecule has 0 aliphatic rings. The number of rotatable bonds is 7. The van der Waals surface area contributed by atoms with E-state index in [1.54, 1.807) is 0 Å². The Hall–Kier alpha value is -0.0800. The van der Waals surface area contributed by atoms with E-state index in [4.69, 9.17) is 4.74 Å². The van der Waals surface area contributed by atoms with Gasteiger partial charge >= 0.3 is 0 Å². The van der Waals surface area contributed by atoms with Crippen LogP contribution in [0.3, 0.4) is 0 Å². The maximum Gasteiger partial charge on any atom is 0.0616 e. The van der Waals surface area contributed by atoms with Crippen LogP contribution in [0.1, 0.15) is 33.6 Å². The fourth-order valence-corrected chi connectivity index (χ4v) is 0.914. The van der Waals surface area contributed by atoms with Crippen LogP contribution >= 0.6 is 0 Å². The molecule has 0 aromatic heterocycles. The summed E-state index contributed by atoms with van der Waals surface area (Å²) >= 11 is 0. The van der Waals surface area contributed by atoms with Gasteiger partial charge in [-0.15, -0.1) is 0 Å². The number of hydrogen-bond donors (Lipinski definition) is 1. The predicted octanol–water partition coefficient (Wildman–Crippen LogP) is 1.80. The lowest BCUT2D eigenvalue weighted by molar-refractivity contribution is 0.113. The summed E-state index contributed by atoms with van der Waals surface area (Å²) in [6, 6.07) is 0.497. The molecule has 0 rings (SSSR count). The smallest absolute Gasteiger partial charge is 0.0616 e. The maximum atomic E-state index is 5.43. The fraction of sp³-hybridized carbons (Fsp3) is 1.00. The molecule has 0 amide bonds. The third-order valence-electron chi connectivity index (χ3n) is 1.56. The second-order valence-electron chi connectivity index (χ2n) is 2.89. The minimum absolute atomic E-state index is 0.497. The molecule has 68 valence electrons. The van der Waals surface area contributed by atoms with Crippen LogP contribution in [-0.2, 0) is 4.74 Å². The molecule has 1 atom stereocenters. The largest absolute Gasteiger partial charge is 0.380 e. The van der Waals surface area contributed by atoms with E-state index in [0.717, 1.165) is 19.8 Å². The molecule has 0 saturated carbocycles. The molecule has 0 aliphatic heterocycles. The van der Waals surface area contributed by atoms with Crippen molar-refractivity contribution in [3.63, 3.8) is 0 Å². The second-order valence-corrected chi connectivity index (χ2v) is 2.89. The van der Waals surface area contributed by atoms with Gasteiger partial charge in [0, 0.05) is 12.6 Å². The molecule has 0 aromatic rings. The molecule has 0 aliphatic carbocycles. The molecule has 1 N–H and O–H groups in total. The molecule has 0 fully saturated rings. The molecule has 0 radical (unpaired) electrons. The van der Waals surface area contributed by atoms with Gasteiger partial charge in [0.1, 0.15) is 0 Å². The summed E-state index contributed by atoms with van der Waals surface area (Å²) in [6.07, 6.45) is 2.40. The van der Waals surface area contributed by atoms with Crippen LogP contribution in [0, 0.1) is 0 Å². The van der Waals surface area contributed by atoms with Gasteiger partial charge in [-0.1, -0.05) is 20.3 Å². The summed E-state index contributed by atoms with van der Waals surface area (Å²) < 4.78 is 5.43. The average Bonchev–Trinajstić information content (AvgIpc) is 1.99. The SMILES string of the molecule is CCCCOCC(C)NCC. The molecule has 1 unspecified atom stereocenters. The Morgan fingerprint density at radius 3 is 2.64 bits per heavy atom. The first kappa shape index (κ1) is 10.9. The average molecular weight is 159 g/mol. The van der Waals surface area contributed by atoms with Crippen molar-refractivity contribution in [2.45, 2.75) is 39.7 Å². The van der Waals surface area contributed by atoms with Crippen LogP contribution in [0.15, 0.2) is 0 Å². The van der Waals surface area contributed by atoms with Gasteiger partial charge in [-0.3, -0.25) is 0 Å². The molecule has 11 heavy (non-hydrogen) atoms. The van der Waals surface area contributed by atoms with Crippen molar-refractivity contribution in [2.75, 3.05) is 19.8 Å². The first-order valence-corrected chi connectivity index (χ1v) is 4.62. The van der Waals surface area contributed by atoms with Gasteiger partial charge in [0.25, 0.3) is 0 Å². The second kappa shape index (κ2) is 8.02. The molecular formula is C9H21NO. The first-order chi connectivity index (χ1) is 5.31. The van der Waals surface area contributed by atoms with Crippen LogP contribution in [0.25, 0.3) is 0 Å². The van der Waals surface area contributed by atoms with Gasteiger partial charge in [0.05, 0.1) is 6.61 Å². The van der Waals surface area contributed by atoms with Crippen molar-refractivity contribution >= 4 is 0 Å². The lowest BCUT2D eigenvalue weighted by Gasteiger charge is -2.11. The van der Waals surface area contributed by atoms with E-state index < -0.39 is 0 Å². The van der Waals surface area contributed by atoms with Gasteiger partial charge in [-0.25, -0.2) is 0 Å². The Labute approximate surface area is 70.3 Å². The third-order valence-corrected chi connectivity index (χ3v) is 1.56. The number of hydrogen-bond acceptors (Lipinski definition) is 2. The van der Waals surface area contributed by atoms with Crippen LogP contribution in [0.4, 0.5) is 0 Å². The molecule has 0 aromatic carbocycles. The van der Waals surface area contributed by atoms with Crippen molar-refractivity contribution in [3.8, 4) is 0 Å². The zero-order valence-corrected chi connectivity index (χ0v) is 8.02. The van der Waals surface area contributed by atoms with Crippen molar-refractivity contribution in [1.82, 2.24) is 5.32 Å². The quantitative estimate of drug-likeness (QED) is 0.572. The highest BCUT2D eigenvalue weighted by molar-refractivity contribution is 4.56. The summed E-state index contributed by atoms with van der Waals surface area (Å²) in [7, 11) is 0. The van der Waals surface area contributed by atoms with E-state index in [0.29, 0.717) is 6.04 Å². The minimum Gasteiger partial charge on any atom is -0.380 e.